The third kappa shape index (κ3) is 5.08. The number of esters is 1. The maximum Gasteiger partial charge on any atom is 0.306 e. The van der Waals surface area contributed by atoms with Crippen molar-refractivity contribution in [3.05, 3.63) is 0 Å². The molecule has 0 aromatic carbocycles. The van der Waals surface area contributed by atoms with Crippen LogP contribution in [-0.2, 0) is 14.3 Å². The van der Waals surface area contributed by atoms with Gasteiger partial charge in [-0.1, -0.05) is 27.2 Å². The van der Waals surface area contributed by atoms with Gasteiger partial charge >= 0.3 is 5.97 Å². The van der Waals surface area contributed by atoms with Crippen LogP contribution in [0.1, 0.15) is 85.0 Å². The summed E-state index contributed by atoms with van der Waals surface area (Å²) in [6, 6.07) is 2.06. The van der Waals surface area contributed by atoms with Gasteiger partial charge in [0.1, 0.15) is 11.6 Å². The van der Waals surface area contributed by atoms with Crippen LogP contribution in [0.4, 0.5) is 0 Å². The van der Waals surface area contributed by atoms with E-state index >= 15 is 0 Å². The van der Waals surface area contributed by atoms with E-state index in [2.05, 4.69) is 32.6 Å². The average Bonchev–Trinajstić information content (AvgIpc) is 3.08. The van der Waals surface area contributed by atoms with E-state index in [9.17, 15) is 14.9 Å². The highest BCUT2D eigenvalue weighted by Crippen LogP contribution is 2.64. The van der Waals surface area contributed by atoms with E-state index in [1.807, 2.05) is 4.90 Å². The topological polar surface area (TPSA) is 96.4 Å². The van der Waals surface area contributed by atoms with Crippen molar-refractivity contribution in [2.24, 2.45) is 34.8 Å². The summed E-state index contributed by atoms with van der Waals surface area (Å²) < 4.78 is 6.20. The van der Waals surface area contributed by atoms with Gasteiger partial charge in [0.2, 0.25) is 5.91 Å². The highest BCUT2D eigenvalue weighted by Gasteiger charge is 2.60. The smallest absolute Gasteiger partial charge is 0.306 e. The molecule has 5 rings (SSSR count). The van der Waals surface area contributed by atoms with Crippen LogP contribution < -0.4 is 5.73 Å². The lowest BCUT2D eigenvalue weighted by Crippen LogP contribution is -2.58. The number of hydrogen-bond acceptors (Lipinski definition) is 5. The lowest BCUT2D eigenvalue weighted by molar-refractivity contribution is -0.204. The number of likely N-dealkylation sites (tertiary alicyclic amines) is 1. The molecule has 31 heavy (non-hydrogen) atoms. The SMILES string of the molecule is CCC(C)CC(=O)OC12CC3CC(CC(CC(=O)N4CC(C)CC4C#N)(C3)C1)C2.CN. The molecule has 5 atom stereocenters. The van der Waals surface area contributed by atoms with Gasteiger partial charge in [-0.05, 0) is 81.1 Å². The zero-order chi connectivity index (χ0) is 22.8. The maximum absolute atomic E-state index is 13.2. The van der Waals surface area contributed by atoms with E-state index < -0.39 is 0 Å². The number of ether oxygens (including phenoxy) is 1. The minimum Gasteiger partial charge on any atom is -0.459 e. The summed E-state index contributed by atoms with van der Waals surface area (Å²) in [6.07, 6.45) is 8.98. The maximum atomic E-state index is 13.2. The molecule has 5 aliphatic rings. The Labute approximate surface area is 187 Å². The highest BCUT2D eigenvalue weighted by molar-refractivity contribution is 5.78. The summed E-state index contributed by atoms with van der Waals surface area (Å²) >= 11 is 0. The summed E-state index contributed by atoms with van der Waals surface area (Å²) in [4.78, 5) is 27.7. The summed E-state index contributed by atoms with van der Waals surface area (Å²) in [5.74, 6) is 1.99. The first-order valence-corrected chi connectivity index (χ1v) is 12.2. The third-order valence-corrected chi connectivity index (χ3v) is 8.18. The summed E-state index contributed by atoms with van der Waals surface area (Å²) in [7, 11) is 1.50. The van der Waals surface area contributed by atoms with E-state index in [0.717, 1.165) is 44.9 Å². The molecule has 4 aliphatic carbocycles. The number of nitriles is 1. The van der Waals surface area contributed by atoms with Gasteiger partial charge in [0.05, 0.1) is 6.07 Å². The number of carbonyl (C=O) groups excluding carboxylic acids is 2. The molecule has 0 spiro atoms. The Kier molecular flexibility index (Phi) is 7.35. The van der Waals surface area contributed by atoms with Crippen LogP contribution in [-0.4, -0.2) is 42.0 Å². The van der Waals surface area contributed by atoms with Gasteiger partial charge in [0, 0.05) is 19.4 Å². The Bertz CT molecular complexity index is 701. The number of nitrogens with two attached hydrogens (primary N) is 1. The predicted octanol–water partition coefficient (Wildman–Crippen LogP) is 4.03. The highest BCUT2D eigenvalue weighted by atomic mass is 16.6. The Morgan fingerprint density at radius 3 is 2.42 bits per heavy atom. The first kappa shape index (κ1) is 24.0. The standard InChI is InChI=1S/C24H36N2O3.CH5N/c1-4-16(2)6-22(28)29-24-10-18-7-19(11-24)9-23(8-18,15-24)12-21(27)26-14-17(3)5-20(26)13-25;1-2/h16-20H,4-12,14-15H2,1-3H3;2H2,1H3. The lowest BCUT2D eigenvalue weighted by Gasteiger charge is -2.61. The molecule has 4 saturated carbocycles. The van der Waals surface area contributed by atoms with E-state index in [-0.39, 0.29) is 28.9 Å². The monoisotopic (exact) mass is 431 g/mol. The second-order valence-electron chi connectivity index (χ2n) is 11.0. The fourth-order valence-electron chi connectivity index (χ4n) is 7.27. The Morgan fingerprint density at radius 2 is 1.84 bits per heavy atom. The third-order valence-electron chi connectivity index (χ3n) is 8.18. The first-order chi connectivity index (χ1) is 14.8. The van der Waals surface area contributed by atoms with Crippen molar-refractivity contribution in [3.8, 4) is 6.07 Å². The van der Waals surface area contributed by atoms with Gasteiger partial charge in [0.15, 0.2) is 0 Å². The normalized spacial score (nSPS) is 38.8. The molecule has 0 aromatic heterocycles. The second-order valence-corrected chi connectivity index (χ2v) is 11.0. The quantitative estimate of drug-likeness (QED) is 0.641. The summed E-state index contributed by atoms with van der Waals surface area (Å²) in [5.41, 5.74) is 4.12. The predicted molar refractivity (Wildman–Crippen MR) is 120 cm³/mol. The number of nitrogens with zero attached hydrogens (tertiary/aromatic N) is 2. The molecule has 0 radical (unpaired) electrons. The van der Waals surface area contributed by atoms with Crippen molar-refractivity contribution in [2.75, 3.05) is 13.6 Å². The molecule has 4 bridgehead atoms. The summed E-state index contributed by atoms with van der Waals surface area (Å²) in [5, 5.41) is 9.46. The zero-order valence-corrected chi connectivity index (χ0v) is 19.9. The minimum absolute atomic E-state index is 0.0380. The van der Waals surface area contributed by atoms with E-state index in [1.54, 1.807) is 0 Å². The van der Waals surface area contributed by atoms with E-state index in [1.165, 1.54) is 13.5 Å². The van der Waals surface area contributed by atoms with Gasteiger partial charge in [-0.25, -0.2) is 0 Å². The zero-order valence-electron chi connectivity index (χ0n) is 19.9. The van der Waals surface area contributed by atoms with Crippen LogP contribution >= 0.6 is 0 Å². The molecule has 1 heterocycles. The molecule has 0 aromatic rings. The number of carbonyl (C=O) groups is 2. The van der Waals surface area contributed by atoms with Crippen LogP contribution in [0.25, 0.3) is 0 Å². The first-order valence-electron chi connectivity index (χ1n) is 12.2. The largest absolute Gasteiger partial charge is 0.459 e. The van der Waals surface area contributed by atoms with Gasteiger partial charge in [0.25, 0.3) is 0 Å². The van der Waals surface area contributed by atoms with Gasteiger partial charge in [-0.3, -0.25) is 9.59 Å². The van der Waals surface area contributed by atoms with Crippen molar-refractivity contribution in [1.29, 1.82) is 5.26 Å². The van der Waals surface area contributed by atoms with Crippen LogP contribution in [0.2, 0.25) is 0 Å². The molecule has 1 amide bonds. The Hall–Kier alpha value is -1.61. The van der Waals surface area contributed by atoms with Crippen LogP contribution in [0, 0.1) is 40.4 Å². The lowest BCUT2D eigenvalue weighted by atomic mass is 9.47. The molecule has 2 N–H and O–H groups in total. The number of amides is 1. The van der Waals surface area contributed by atoms with Crippen molar-refractivity contribution in [2.45, 2.75) is 96.6 Å². The average molecular weight is 432 g/mol. The van der Waals surface area contributed by atoms with E-state index in [0.29, 0.717) is 43.1 Å². The molecule has 5 unspecified atom stereocenters. The molecule has 6 heteroatoms. The van der Waals surface area contributed by atoms with Gasteiger partial charge < -0.3 is 15.4 Å². The fraction of sp³-hybridized carbons (Fsp3) is 0.880. The fourth-order valence-corrected chi connectivity index (χ4v) is 7.27. The van der Waals surface area contributed by atoms with Crippen LogP contribution in [0.5, 0.6) is 0 Å². The molecule has 5 fully saturated rings. The van der Waals surface area contributed by atoms with Crippen molar-refractivity contribution in [1.82, 2.24) is 4.90 Å². The van der Waals surface area contributed by atoms with Crippen molar-refractivity contribution < 1.29 is 14.3 Å². The Balaban J connectivity index is 0.00000132. The van der Waals surface area contributed by atoms with Crippen molar-refractivity contribution >= 4 is 11.9 Å². The van der Waals surface area contributed by atoms with Gasteiger partial charge in [-0.15, -0.1) is 0 Å². The molecular weight excluding hydrogens is 390 g/mol. The molecule has 1 saturated heterocycles. The second kappa shape index (κ2) is 9.48. The molecule has 6 nitrogen and oxygen atoms in total. The van der Waals surface area contributed by atoms with Crippen molar-refractivity contribution in [3.63, 3.8) is 0 Å². The van der Waals surface area contributed by atoms with Crippen LogP contribution in [0.15, 0.2) is 0 Å². The Morgan fingerprint density at radius 1 is 1.19 bits per heavy atom. The summed E-state index contributed by atoms with van der Waals surface area (Å²) in [6.45, 7) is 7.03. The van der Waals surface area contributed by atoms with Gasteiger partial charge in [-0.2, -0.15) is 5.26 Å². The minimum atomic E-state index is -0.345. The number of hydrogen-bond donors (Lipinski definition) is 1. The molecule has 1 aliphatic heterocycles. The van der Waals surface area contributed by atoms with Crippen LogP contribution in [0.3, 0.4) is 0 Å². The number of rotatable bonds is 6. The molecule has 174 valence electrons. The molecular formula is C25H41N3O3. The van der Waals surface area contributed by atoms with E-state index in [4.69, 9.17) is 4.74 Å².